The minimum absolute atomic E-state index is 0.0562. The smallest absolute Gasteiger partial charge is 0.251 e. The molecule has 0 bridgehead atoms. The lowest BCUT2D eigenvalue weighted by Gasteiger charge is -2.33. The summed E-state index contributed by atoms with van der Waals surface area (Å²) >= 11 is 0. The SMILES string of the molecule is O=C(NC[C@H](c1ccco1)N1CCCCC1)c1ccc(N2CCCC2=O)cc1. The van der Waals surface area contributed by atoms with Crippen molar-refractivity contribution in [1.29, 1.82) is 0 Å². The lowest BCUT2D eigenvalue weighted by atomic mass is 10.1. The predicted octanol–water partition coefficient (Wildman–Crippen LogP) is 3.36. The van der Waals surface area contributed by atoms with Crippen LogP contribution in [0, 0.1) is 0 Å². The number of furan rings is 1. The van der Waals surface area contributed by atoms with Crippen LogP contribution in [0.25, 0.3) is 0 Å². The highest BCUT2D eigenvalue weighted by molar-refractivity contribution is 5.97. The van der Waals surface area contributed by atoms with Crippen LogP contribution in [-0.4, -0.2) is 42.9 Å². The van der Waals surface area contributed by atoms with Crippen LogP contribution in [0.2, 0.25) is 0 Å². The van der Waals surface area contributed by atoms with Crippen molar-refractivity contribution in [3.05, 3.63) is 54.0 Å². The fraction of sp³-hybridized carbons (Fsp3) is 0.455. The molecule has 148 valence electrons. The second kappa shape index (κ2) is 8.61. The van der Waals surface area contributed by atoms with Gasteiger partial charge in [0.25, 0.3) is 5.91 Å². The zero-order valence-corrected chi connectivity index (χ0v) is 16.1. The number of piperidine rings is 1. The minimum Gasteiger partial charge on any atom is -0.468 e. The first-order valence-electron chi connectivity index (χ1n) is 10.2. The first-order chi connectivity index (χ1) is 13.7. The molecule has 0 unspecified atom stereocenters. The quantitative estimate of drug-likeness (QED) is 0.833. The number of nitrogens with one attached hydrogen (secondary N) is 1. The van der Waals surface area contributed by atoms with Crippen LogP contribution in [0.5, 0.6) is 0 Å². The van der Waals surface area contributed by atoms with Gasteiger partial charge in [0, 0.05) is 30.8 Å². The first kappa shape index (κ1) is 18.7. The van der Waals surface area contributed by atoms with Gasteiger partial charge in [0.2, 0.25) is 5.91 Å². The third kappa shape index (κ3) is 4.12. The molecular formula is C22H27N3O3. The van der Waals surface area contributed by atoms with Gasteiger partial charge in [-0.05, 0) is 68.8 Å². The van der Waals surface area contributed by atoms with Gasteiger partial charge in [-0.25, -0.2) is 0 Å². The van der Waals surface area contributed by atoms with Crippen molar-refractivity contribution >= 4 is 17.5 Å². The molecule has 2 amide bonds. The highest BCUT2D eigenvalue weighted by Gasteiger charge is 2.25. The summed E-state index contributed by atoms with van der Waals surface area (Å²) in [5, 5.41) is 3.06. The van der Waals surface area contributed by atoms with Gasteiger partial charge in [0.15, 0.2) is 0 Å². The Labute approximate surface area is 165 Å². The number of nitrogens with zero attached hydrogens (tertiary/aromatic N) is 2. The number of carbonyl (C=O) groups excluding carboxylic acids is 2. The van der Waals surface area contributed by atoms with E-state index in [-0.39, 0.29) is 17.9 Å². The van der Waals surface area contributed by atoms with Crippen LogP contribution in [0.1, 0.15) is 54.3 Å². The van der Waals surface area contributed by atoms with E-state index in [1.54, 1.807) is 23.3 Å². The number of benzene rings is 1. The van der Waals surface area contributed by atoms with Crippen molar-refractivity contribution in [1.82, 2.24) is 10.2 Å². The van der Waals surface area contributed by atoms with Crippen LogP contribution in [0.4, 0.5) is 5.69 Å². The fourth-order valence-electron chi connectivity index (χ4n) is 4.13. The van der Waals surface area contributed by atoms with Crippen molar-refractivity contribution in [2.24, 2.45) is 0 Å². The summed E-state index contributed by atoms with van der Waals surface area (Å²) in [6.45, 7) is 3.32. The number of hydrogen-bond acceptors (Lipinski definition) is 4. The Morgan fingerprint density at radius 1 is 1.04 bits per heavy atom. The largest absolute Gasteiger partial charge is 0.468 e. The van der Waals surface area contributed by atoms with E-state index in [1.165, 1.54) is 19.3 Å². The molecule has 0 aliphatic carbocycles. The van der Waals surface area contributed by atoms with E-state index in [1.807, 2.05) is 24.3 Å². The summed E-state index contributed by atoms with van der Waals surface area (Å²) in [4.78, 5) is 28.7. The Hall–Kier alpha value is -2.60. The van der Waals surface area contributed by atoms with Crippen molar-refractivity contribution in [3.63, 3.8) is 0 Å². The standard InChI is InChI=1S/C22H27N3O3/c26-21-7-4-14-25(21)18-10-8-17(9-11-18)22(27)23-16-19(20-6-5-15-28-20)24-12-2-1-3-13-24/h5-6,8-11,15,19H,1-4,7,12-14,16H2,(H,23,27)/t19-/m1/s1. The van der Waals surface area contributed by atoms with Crippen molar-refractivity contribution in [2.75, 3.05) is 31.1 Å². The number of amides is 2. The maximum atomic E-state index is 12.7. The van der Waals surface area contributed by atoms with Gasteiger partial charge in [-0.15, -0.1) is 0 Å². The third-order valence-corrected chi connectivity index (χ3v) is 5.67. The van der Waals surface area contributed by atoms with E-state index in [2.05, 4.69) is 10.2 Å². The molecule has 6 nitrogen and oxygen atoms in total. The lowest BCUT2D eigenvalue weighted by molar-refractivity contribution is -0.117. The molecule has 0 radical (unpaired) electrons. The number of hydrogen-bond donors (Lipinski definition) is 1. The molecule has 1 aromatic carbocycles. The molecule has 1 atom stereocenters. The van der Waals surface area contributed by atoms with Gasteiger partial charge in [-0.3, -0.25) is 14.5 Å². The van der Waals surface area contributed by atoms with Gasteiger partial charge >= 0.3 is 0 Å². The maximum Gasteiger partial charge on any atom is 0.251 e. The lowest BCUT2D eigenvalue weighted by Crippen LogP contribution is -2.40. The van der Waals surface area contributed by atoms with Gasteiger partial charge in [0.1, 0.15) is 5.76 Å². The second-order valence-corrected chi connectivity index (χ2v) is 7.53. The number of carbonyl (C=O) groups is 2. The monoisotopic (exact) mass is 381 g/mol. The molecule has 28 heavy (non-hydrogen) atoms. The Kier molecular flexibility index (Phi) is 5.76. The van der Waals surface area contributed by atoms with E-state index < -0.39 is 0 Å². The molecule has 2 fully saturated rings. The summed E-state index contributed by atoms with van der Waals surface area (Å²) in [7, 11) is 0. The van der Waals surface area contributed by atoms with E-state index in [0.717, 1.165) is 37.5 Å². The minimum atomic E-state index is -0.104. The average molecular weight is 381 g/mol. The Bertz CT molecular complexity index is 795. The van der Waals surface area contributed by atoms with Crippen LogP contribution >= 0.6 is 0 Å². The topological polar surface area (TPSA) is 65.8 Å². The zero-order valence-electron chi connectivity index (χ0n) is 16.1. The van der Waals surface area contributed by atoms with E-state index in [0.29, 0.717) is 18.5 Å². The summed E-state index contributed by atoms with van der Waals surface area (Å²) in [6, 6.07) is 11.2. The molecule has 0 spiro atoms. The van der Waals surface area contributed by atoms with Gasteiger partial charge in [-0.2, -0.15) is 0 Å². The summed E-state index contributed by atoms with van der Waals surface area (Å²) in [6.07, 6.45) is 6.81. The van der Waals surface area contributed by atoms with Crippen molar-refractivity contribution in [3.8, 4) is 0 Å². The van der Waals surface area contributed by atoms with Crippen molar-refractivity contribution in [2.45, 2.75) is 38.1 Å². The zero-order chi connectivity index (χ0) is 19.3. The van der Waals surface area contributed by atoms with Crippen LogP contribution in [0.15, 0.2) is 47.1 Å². The van der Waals surface area contributed by atoms with Crippen molar-refractivity contribution < 1.29 is 14.0 Å². The van der Waals surface area contributed by atoms with E-state index in [9.17, 15) is 9.59 Å². The second-order valence-electron chi connectivity index (χ2n) is 7.53. The number of rotatable bonds is 6. The molecule has 2 aliphatic heterocycles. The van der Waals surface area contributed by atoms with Crippen LogP contribution < -0.4 is 10.2 Å². The molecule has 1 aromatic heterocycles. The number of anilines is 1. The molecule has 2 saturated heterocycles. The molecule has 2 aliphatic rings. The molecular weight excluding hydrogens is 354 g/mol. The normalized spacial score (nSPS) is 19.0. The predicted molar refractivity (Wildman–Crippen MR) is 107 cm³/mol. The Morgan fingerprint density at radius 3 is 2.46 bits per heavy atom. The van der Waals surface area contributed by atoms with Gasteiger partial charge in [0.05, 0.1) is 12.3 Å². The van der Waals surface area contributed by atoms with E-state index >= 15 is 0 Å². The molecule has 0 saturated carbocycles. The van der Waals surface area contributed by atoms with Crippen LogP contribution in [-0.2, 0) is 4.79 Å². The Morgan fingerprint density at radius 2 is 1.82 bits per heavy atom. The molecule has 3 heterocycles. The molecule has 4 rings (SSSR count). The Balaban J connectivity index is 1.40. The van der Waals surface area contributed by atoms with Crippen LogP contribution in [0.3, 0.4) is 0 Å². The highest BCUT2D eigenvalue weighted by Crippen LogP contribution is 2.25. The highest BCUT2D eigenvalue weighted by atomic mass is 16.3. The first-order valence-corrected chi connectivity index (χ1v) is 10.2. The molecule has 2 aromatic rings. The summed E-state index contributed by atoms with van der Waals surface area (Å²) in [5.41, 5.74) is 1.47. The van der Waals surface area contributed by atoms with Gasteiger partial charge in [-0.1, -0.05) is 6.42 Å². The molecule has 1 N–H and O–H groups in total. The van der Waals surface area contributed by atoms with Gasteiger partial charge < -0.3 is 14.6 Å². The third-order valence-electron chi connectivity index (χ3n) is 5.67. The average Bonchev–Trinajstić information content (AvgIpc) is 3.41. The number of likely N-dealkylation sites (tertiary alicyclic amines) is 1. The van der Waals surface area contributed by atoms with E-state index in [4.69, 9.17) is 4.42 Å². The fourth-order valence-corrected chi connectivity index (χ4v) is 4.13. The maximum absolute atomic E-state index is 12.7. The summed E-state index contributed by atoms with van der Waals surface area (Å²) < 4.78 is 5.64. The summed E-state index contributed by atoms with van der Waals surface area (Å²) in [5.74, 6) is 0.943. The molecule has 6 heteroatoms.